The first kappa shape index (κ1) is 32.0. The summed E-state index contributed by atoms with van der Waals surface area (Å²) in [6, 6.07) is 18.2. The third-order valence-electron chi connectivity index (χ3n) is 7.33. The molecular weight excluding hydrogens is 620 g/mol. The molecule has 2 aliphatic heterocycles. The summed E-state index contributed by atoms with van der Waals surface area (Å²) >= 11 is 13.3. The summed E-state index contributed by atoms with van der Waals surface area (Å²) in [7, 11) is 0. The molecule has 2 fully saturated rings. The number of thiocarbonyl (C=S) groups is 1. The van der Waals surface area contributed by atoms with Crippen molar-refractivity contribution >= 4 is 57.9 Å². The Labute approximate surface area is 271 Å². The number of morpholine rings is 1. The number of halogens is 1. The van der Waals surface area contributed by atoms with Gasteiger partial charge in [0.25, 0.3) is 5.91 Å². The molecule has 0 spiro atoms. The molecule has 0 aliphatic carbocycles. The third kappa shape index (κ3) is 7.99. The van der Waals surface area contributed by atoms with Crippen LogP contribution in [0.4, 0.5) is 0 Å². The summed E-state index contributed by atoms with van der Waals surface area (Å²) in [5.41, 5.74) is 3.74. The normalized spacial score (nSPS) is 16.5. The fourth-order valence-corrected chi connectivity index (χ4v) is 6.46. The molecule has 0 aromatic heterocycles. The first-order valence-electron chi connectivity index (χ1n) is 14.4. The Kier molecular flexibility index (Phi) is 10.9. The molecule has 1 amide bonds. The molecular formula is C33H33ClN2O6S2. The van der Waals surface area contributed by atoms with Crippen LogP contribution in [0.25, 0.3) is 17.2 Å². The maximum Gasteiger partial charge on any atom is 0.335 e. The van der Waals surface area contributed by atoms with Gasteiger partial charge in [0.05, 0.1) is 35.3 Å². The van der Waals surface area contributed by atoms with E-state index in [0.29, 0.717) is 51.9 Å². The van der Waals surface area contributed by atoms with E-state index in [0.717, 1.165) is 55.1 Å². The van der Waals surface area contributed by atoms with Crippen LogP contribution in [0.15, 0.2) is 65.6 Å². The van der Waals surface area contributed by atoms with Gasteiger partial charge in [-0.2, -0.15) is 0 Å². The second-order valence-electron chi connectivity index (χ2n) is 10.2. The summed E-state index contributed by atoms with van der Waals surface area (Å²) in [5.74, 6) is 0.152. The number of carboxylic acid groups (broad SMARTS) is 1. The Morgan fingerprint density at radius 2 is 1.73 bits per heavy atom. The van der Waals surface area contributed by atoms with Gasteiger partial charge in [0, 0.05) is 31.7 Å². The van der Waals surface area contributed by atoms with Crippen LogP contribution in [0.3, 0.4) is 0 Å². The molecule has 0 saturated carbocycles. The van der Waals surface area contributed by atoms with Crippen molar-refractivity contribution in [2.24, 2.45) is 0 Å². The number of thioether (sulfide) groups is 1. The predicted molar refractivity (Wildman–Crippen MR) is 178 cm³/mol. The molecule has 8 nitrogen and oxygen atoms in total. The van der Waals surface area contributed by atoms with Crippen LogP contribution >= 0.6 is 35.6 Å². The number of carbonyl (C=O) groups excluding carboxylic acids is 1. The molecule has 2 aliphatic rings. The Morgan fingerprint density at radius 1 is 1.02 bits per heavy atom. The second kappa shape index (κ2) is 15.0. The molecule has 5 rings (SSSR count). The first-order valence-corrected chi connectivity index (χ1v) is 16.0. The van der Waals surface area contributed by atoms with Gasteiger partial charge < -0.3 is 19.3 Å². The number of hydrogen-bond donors (Lipinski definition) is 1. The number of nitrogens with zero attached hydrogens (tertiary/aromatic N) is 2. The Balaban J connectivity index is 1.36. The van der Waals surface area contributed by atoms with Crippen molar-refractivity contribution in [2.45, 2.75) is 13.3 Å². The molecule has 3 aromatic carbocycles. The largest absolute Gasteiger partial charge is 0.492 e. The lowest BCUT2D eigenvalue weighted by molar-refractivity contribution is -0.122. The predicted octanol–water partition coefficient (Wildman–Crippen LogP) is 6.26. The van der Waals surface area contributed by atoms with Crippen LogP contribution in [0, 0.1) is 0 Å². The molecule has 0 bridgehead atoms. The highest BCUT2D eigenvalue weighted by Crippen LogP contribution is 2.37. The number of amides is 1. The van der Waals surface area contributed by atoms with Crippen LogP contribution < -0.4 is 9.47 Å². The van der Waals surface area contributed by atoms with Crippen molar-refractivity contribution in [3.05, 3.63) is 87.3 Å². The van der Waals surface area contributed by atoms with E-state index in [1.807, 2.05) is 49.4 Å². The monoisotopic (exact) mass is 652 g/mol. The van der Waals surface area contributed by atoms with Gasteiger partial charge in [-0.25, -0.2) is 4.79 Å². The van der Waals surface area contributed by atoms with Crippen molar-refractivity contribution in [3.8, 4) is 22.6 Å². The minimum atomic E-state index is -0.974. The van der Waals surface area contributed by atoms with Crippen LogP contribution in [-0.2, 0) is 16.0 Å². The molecule has 2 saturated heterocycles. The summed E-state index contributed by atoms with van der Waals surface area (Å²) in [6.07, 6.45) is 2.38. The smallest absolute Gasteiger partial charge is 0.335 e. The summed E-state index contributed by atoms with van der Waals surface area (Å²) in [5, 5.41) is 9.67. The van der Waals surface area contributed by atoms with E-state index in [1.165, 1.54) is 11.8 Å². The molecule has 230 valence electrons. The first-order chi connectivity index (χ1) is 21.3. The summed E-state index contributed by atoms with van der Waals surface area (Å²) in [6.45, 7) is 7.29. The minimum absolute atomic E-state index is 0.170. The van der Waals surface area contributed by atoms with E-state index >= 15 is 0 Å². The molecule has 1 N–H and O–H groups in total. The van der Waals surface area contributed by atoms with Gasteiger partial charge in [0.15, 0.2) is 0 Å². The number of rotatable bonds is 12. The standard InChI is InChI=1S/C33H33ClN2O6S2/c1-2-41-29-10-8-25(20-27(29)34)24-7-9-28(42-18-15-35-13-16-40-17-14-35)26(19-24)21-30-31(37)36(33(43)44-30)12-11-22-3-5-23(6-4-22)32(38)39/h3-10,19-21H,2,11-18H2,1H3,(H,38,39). The number of benzene rings is 3. The van der Waals surface area contributed by atoms with Gasteiger partial charge in [0.2, 0.25) is 0 Å². The topological polar surface area (TPSA) is 88.5 Å². The Morgan fingerprint density at radius 3 is 2.41 bits per heavy atom. The molecule has 2 heterocycles. The maximum atomic E-state index is 13.5. The van der Waals surface area contributed by atoms with E-state index in [-0.39, 0.29) is 11.5 Å². The maximum absolute atomic E-state index is 13.5. The van der Waals surface area contributed by atoms with Gasteiger partial charge in [-0.15, -0.1) is 0 Å². The molecule has 0 unspecified atom stereocenters. The van der Waals surface area contributed by atoms with Crippen molar-refractivity contribution in [2.75, 3.05) is 52.6 Å². The van der Waals surface area contributed by atoms with Crippen molar-refractivity contribution in [1.82, 2.24) is 9.80 Å². The summed E-state index contributed by atoms with van der Waals surface area (Å²) < 4.78 is 17.8. The Bertz CT molecular complexity index is 1560. The molecule has 44 heavy (non-hydrogen) atoms. The lowest BCUT2D eigenvalue weighted by Gasteiger charge is -2.26. The van der Waals surface area contributed by atoms with Crippen molar-refractivity contribution in [3.63, 3.8) is 0 Å². The number of carbonyl (C=O) groups is 2. The molecule has 3 aromatic rings. The fourth-order valence-electron chi connectivity index (χ4n) is 4.92. The molecule has 0 radical (unpaired) electrons. The van der Waals surface area contributed by atoms with Crippen LogP contribution in [0.1, 0.15) is 28.4 Å². The fraction of sp³-hybridized carbons (Fsp3) is 0.303. The number of hydrogen-bond acceptors (Lipinski definition) is 8. The van der Waals surface area contributed by atoms with Gasteiger partial charge in [-0.3, -0.25) is 14.6 Å². The number of carboxylic acids is 1. The van der Waals surface area contributed by atoms with E-state index in [1.54, 1.807) is 29.2 Å². The highest BCUT2D eigenvalue weighted by molar-refractivity contribution is 8.26. The van der Waals surface area contributed by atoms with Crippen molar-refractivity contribution < 1.29 is 28.9 Å². The van der Waals surface area contributed by atoms with E-state index in [9.17, 15) is 9.59 Å². The average molecular weight is 653 g/mol. The Hall–Kier alpha value is -3.41. The van der Waals surface area contributed by atoms with Crippen LogP contribution in [-0.4, -0.2) is 83.7 Å². The zero-order valence-electron chi connectivity index (χ0n) is 24.3. The highest BCUT2D eigenvalue weighted by atomic mass is 35.5. The third-order valence-corrected chi connectivity index (χ3v) is 9.00. The number of ether oxygens (including phenoxy) is 3. The van der Waals surface area contributed by atoms with Crippen LogP contribution in [0.2, 0.25) is 5.02 Å². The zero-order chi connectivity index (χ0) is 31.1. The minimum Gasteiger partial charge on any atom is -0.492 e. The SMILES string of the molecule is CCOc1ccc(-c2ccc(OCCN3CCOCC3)c(C=C3SC(=S)N(CCc4ccc(C(=O)O)cc4)C3=O)c2)cc1Cl. The molecule has 11 heteroatoms. The lowest BCUT2D eigenvalue weighted by atomic mass is 10.0. The van der Waals surface area contributed by atoms with E-state index in [2.05, 4.69) is 4.90 Å². The summed E-state index contributed by atoms with van der Waals surface area (Å²) in [4.78, 5) is 29.1. The average Bonchev–Trinajstić information content (AvgIpc) is 3.29. The lowest BCUT2D eigenvalue weighted by Crippen LogP contribution is -2.38. The number of aromatic carboxylic acids is 1. The van der Waals surface area contributed by atoms with Gasteiger partial charge in [0.1, 0.15) is 22.4 Å². The van der Waals surface area contributed by atoms with Gasteiger partial charge >= 0.3 is 5.97 Å². The van der Waals surface area contributed by atoms with Gasteiger partial charge in [-0.05, 0) is 72.5 Å². The quantitative estimate of drug-likeness (QED) is 0.180. The van der Waals surface area contributed by atoms with Crippen molar-refractivity contribution in [1.29, 1.82) is 0 Å². The van der Waals surface area contributed by atoms with E-state index < -0.39 is 5.97 Å². The zero-order valence-corrected chi connectivity index (χ0v) is 26.7. The van der Waals surface area contributed by atoms with Crippen LogP contribution in [0.5, 0.6) is 11.5 Å². The highest BCUT2D eigenvalue weighted by Gasteiger charge is 2.32. The molecule has 0 atom stereocenters. The van der Waals surface area contributed by atoms with Gasteiger partial charge in [-0.1, -0.05) is 59.8 Å². The second-order valence-corrected chi connectivity index (χ2v) is 12.3. The van der Waals surface area contributed by atoms with E-state index in [4.69, 9.17) is 43.1 Å².